The van der Waals surface area contributed by atoms with E-state index < -0.39 is 0 Å². The fraction of sp³-hybridized carbons (Fsp3) is 0.250. The molecular formula is C16H20S. The first kappa shape index (κ1) is 13.9. The van der Waals surface area contributed by atoms with Gasteiger partial charge in [0.25, 0.3) is 0 Å². The van der Waals surface area contributed by atoms with E-state index in [1.165, 1.54) is 0 Å². The summed E-state index contributed by atoms with van der Waals surface area (Å²) in [4.78, 5) is 0. The van der Waals surface area contributed by atoms with E-state index in [0.717, 1.165) is 19.3 Å². The summed E-state index contributed by atoms with van der Waals surface area (Å²) in [5, 5.41) is 0.299. The number of hydrogen-bond donors (Lipinski definition) is 1. The molecule has 0 heterocycles. The van der Waals surface area contributed by atoms with Crippen molar-refractivity contribution in [1.29, 1.82) is 0 Å². The van der Waals surface area contributed by atoms with Crippen molar-refractivity contribution in [3.05, 3.63) is 72.9 Å². The highest BCUT2D eigenvalue weighted by molar-refractivity contribution is 7.81. The summed E-state index contributed by atoms with van der Waals surface area (Å²) in [5.74, 6) is 0. The Bertz CT molecular complexity index is 354. The summed E-state index contributed by atoms with van der Waals surface area (Å²) in [6.07, 6.45) is 28.3. The monoisotopic (exact) mass is 244 g/mol. The van der Waals surface area contributed by atoms with Gasteiger partial charge in [-0.25, -0.2) is 0 Å². The number of hydrogen-bond acceptors (Lipinski definition) is 1. The van der Waals surface area contributed by atoms with Crippen LogP contribution in [0.15, 0.2) is 72.9 Å². The zero-order valence-corrected chi connectivity index (χ0v) is 11.0. The average molecular weight is 244 g/mol. The number of thiol groups is 1. The minimum Gasteiger partial charge on any atom is -0.171 e. The lowest BCUT2D eigenvalue weighted by Crippen LogP contribution is -1.88. The molecule has 1 unspecified atom stereocenters. The highest BCUT2D eigenvalue weighted by Crippen LogP contribution is 2.05. The molecule has 0 bridgehead atoms. The van der Waals surface area contributed by atoms with Gasteiger partial charge in [-0.3, -0.25) is 0 Å². The summed E-state index contributed by atoms with van der Waals surface area (Å²) in [5.41, 5.74) is 0. The molecule has 1 atom stereocenters. The van der Waals surface area contributed by atoms with Gasteiger partial charge in [0.1, 0.15) is 0 Å². The van der Waals surface area contributed by atoms with Gasteiger partial charge in [0, 0.05) is 5.25 Å². The van der Waals surface area contributed by atoms with Crippen LogP contribution in [0, 0.1) is 0 Å². The molecule has 0 saturated heterocycles. The molecule has 0 amide bonds. The van der Waals surface area contributed by atoms with Crippen molar-refractivity contribution in [3.8, 4) is 0 Å². The summed E-state index contributed by atoms with van der Waals surface area (Å²) in [6.45, 7) is 0. The smallest absolute Gasteiger partial charge is 0.0234 e. The van der Waals surface area contributed by atoms with E-state index in [2.05, 4.69) is 85.5 Å². The minimum absolute atomic E-state index is 0.299. The van der Waals surface area contributed by atoms with Gasteiger partial charge in [0.15, 0.2) is 0 Å². The molecular weight excluding hydrogens is 224 g/mol. The summed E-state index contributed by atoms with van der Waals surface area (Å²) < 4.78 is 0. The normalized spacial score (nSPS) is 33.4. The van der Waals surface area contributed by atoms with Crippen LogP contribution < -0.4 is 0 Å². The summed E-state index contributed by atoms with van der Waals surface area (Å²) in [6, 6.07) is 0. The number of allylic oxidation sites excluding steroid dienone is 11. The molecule has 0 nitrogen and oxygen atoms in total. The standard InChI is InChI=1S/C16H20S/c17-16-14-12-10-8-6-4-2-1-3-5-7-9-11-13-15-16/h1-4,7-14,16-17H,5-6,15H2/b3-1-,4-2-,9-7-,10-8-,13-11-,14-12-. The zero-order valence-electron chi connectivity index (χ0n) is 10.1. The van der Waals surface area contributed by atoms with Crippen molar-refractivity contribution in [2.24, 2.45) is 0 Å². The molecule has 0 aromatic carbocycles. The van der Waals surface area contributed by atoms with Crippen molar-refractivity contribution in [1.82, 2.24) is 0 Å². The first-order chi connectivity index (χ1) is 8.39. The maximum Gasteiger partial charge on any atom is 0.0234 e. The van der Waals surface area contributed by atoms with Gasteiger partial charge in [-0.05, 0) is 19.3 Å². The second-order valence-electron chi connectivity index (χ2n) is 3.80. The lowest BCUT2D eigenvalue weighted by molar-refractivity contribution is 1.08. The van der Waals surface area contributed by atoms with E-state index in [4.69, 9.17) is 0 Å². The van der Waals surface area contributed by atoms with Gasteiger partial charge in [0.05, 0.1) is 0 Å². The van der Waals surface area contributed by atoms with Gasteiger partial charge in [-0.1, -0.05) is 72.9 Å². The van der Waals surface area contributed by atoms with E-state index in [1.807, 2.05) is 0 Å². The van der Waals surface area contributed by atoms with Crippen LogP contribution in [0.3, 0.4) is 0 Å². The molecule has 17 heavy (non-hydrogen) atoms. The third-order valence-corrected chi connectivity index (χ3v) is 2.65. The zero-order chi connectivity index (χ0) is 12.2. The Morgan fingerprint density at radius 3 is 1.71 bits per heavy atom. The third kappa shape index (κ3) is 8.58. The van der Waals surface area contributed by atoms with Crippen LogP contribution >= 0.6 is 12.6 Å². The van der Waals surface area contributed by atoms with Crippen LogP contribution in [0.25, 0.3) is 0 Å². The van der Waals surface area contributed by atoms with Crippen molar-refractivity contribution >= 4 is 12.6 Å². The first-order valence-corrected chi connectivity index (χ1v) is 6.56. The van der Waals surface area contributed by atoms with Crippen molar-refractivity contribution in [3.63, 3.8) is 0 Å². The molecule has 1 aliphatic carbocycles. The molecule has 1 heteroatoms. The topological polar surface area (TPSA) is 0 Å². The van der Waals surface area contributed by atoms with Gasteiger partial charge < -0.3 is 0 Å². The molecule has 0 fully saturated rings. The Morgan fingerprint density at radius 1 is 0.647 bits per heavy atom. The quantitative estimate of drug-likeness (QED) is 0.581. The van der Waals surface area contributed by atoms with Crippen LogP contribution in [0.5, 0.6) is 0 Å². The van der Waals surface area contributed by atoms with Gasteiger partial charge in [-0.2, -0.15) is 12.6 Å². The third-order valence-electron chi connectivity index (χ3n) is 2.27. The van der Waals surface area contributed by atoms with Crippen LogP contribution in [0.4, 0.5) is 0 Å². The molecule has 1 rings (SSSR count). The summed E-state index contributed by atoms with van der Waals surface area (Å²) in [7, 11) is 0. The lowest BCUT2D eigenvalue weighted by Gasteiger charge is -1.98. The molecule has 0 saturated carbocycles. The molecule has 0 aromatic rings. The van der Waals surface area contributed by atoms with Crippen LogP contribution in [0.1, 0.15) is 19.3 Å². The van der Waals surface area contributed by atoms with Crippen molar-refractivity contribution in [2.45, 2.75) is 24.5 Å². The summed E-state index contributed by atoms with van der Waals surface area (Å²) >= 11 is 4.49. The Kier molecular flexibility index (Phi) is 8.13. The predicted molar refractivity (Wildman–Crippen MR) is 81.5 cm³/mol. The fourth-order valence-corrected chi connectivity index (χ4v) is 1.57. The van der Waals surface area contributed by atoms with E-state index in [9.17, 15) is 0 Å². The minimum atomic E-state index is 0.299. The lowest BCUT2D eigenvalue weighted by atomic mass is 10.2. The van der Waals surface area contributed by atoms with E-state index in [0.29, 0.717) is 5.25 Å². The van der Waals surface area contributed by atoms with Gasteiger partial charge >= 0.3 is 0 Å². The SMILES string of the molecule is SC1/C=C\C=C/C/C=C\C=C/C/C=C\C=C/C1. The second-order valence-corrected chi connectivity index (χ2v) is 4.46. The van der Waals surface area contributed by atoms with E-state index >= 15 is 0 Å². The van der Waals surface area contributed by atoms with Gasteiger partial charge in [0.2, 0.25) is 0 Å². The molecule has 0 spiro atoms. The van der Waals surface area contributed by atoms with Crippen molar-refractivity contribution < 1.29 is 0 Å². The van der Waals surface area contributed by atoms with Crippen LogP contribution in [0.2, 0.25) is 0 Å². The fourth-order valence-electron chi connectivity index (χ4n) is 1.35. The first-order valence-electron chi connectivity index (χ1n) is 6.04. The second kappa shape index (κ2) is 9.98. The highest BCUT2D eigenvalue weighted by atomic mass is 32.1. The maximum absolute atomic E-state index is 4.49. The Morgan fingerprint density at radius 2 is 1.12 bits per heavy atom. The Labute approximate surface area is 110 Å². The Balaban J connectivity index is 2.56. The Hall–Kier alpha value is -1.21. The molecule has 0 N–H and O–H groups in total. The highest BCUT2D eigenvalue weighted by Gasteiger charge is 1.91. The van der Waals surface area contributed by atoms with Crippen LogP contribution in [-0.4, -0.2) is 5.25 Å². The van der Waals surface area contributed by atoms with E-state index in [1.54, 1.807) is 0 Å². The molecule has 1 aliphatic rings. The molecule has 0 aromatic heterocycles. The molecule has 90 valence electrons. The van der Waals surface area contributed by atoms with Gasteiger partial charge in [-0.15, -0.1) is 0 Å². The predicted octanol–water partition coefficient (Wildman–Crippen LogP) is 4.81. The number of rotatable bonds is 0. The van der Waals surface area contributed by atoms with Crippen molar-refractivity contribution in [2.75, 3.05) is 0 Å². The van der Waals surface area contributed by atoms with Crippen LogP contribution in [-0.2, 0) is 0 Å². The molecule has 0 radical (unpaired) electrons. The maximum atomic E-state index is 4.49. The average Bonchev–Trinajstić information content (AvgIpc) is 2.32. The van der Waals surface area contributed by atoms with E-state index in [-0.39, 0.29) is 0 Å². The molecule has 0 aliphatic heterocycles. The largest absolute Gasteiger partial charge is 0.171 e.